The summed E-state index contributed by atoms with van der Waals surface area (Å²) in [6.07, 6.45) is 2.37. The normalized spacial score (nSPS) is 12.1. The lowest BCUT2D eigenvalue weighted by molar-refractivity contribution is 0.0913. The first-order valence-corrected chi connectivity index (χ1v) is 8.38. The average molecular weight is 458 g/mol. The van der Waals surface area contributed by atoms with Gasteiger partial charge in [-0.25, -0.2) is 0 Å². The van der Waals surface area contributed by atoms with Crippen molar-refractivity contribution in [3.8, 4) is 0 Å². The summed E-state index contributed by atoms with van der Waals surface area (Å²) < 4.78 is 6.44. The monoisotopic (exact) mass is 458 g/mol. The van der Waals surface area contributed by atoms with Crippen molar-refractivity contribution in [2.24, 2.45) is 5.41 Å². The predicted octanol–water partition coefficient (Wildman–Crippen LogP) is 5.21. The lowest BCUT2D eigenvalue weighted by Gasteiger charge is -2.25. The number of rotatable bonds is 7. The molecule has 0 saturated heterocycles. The fourth-order valence-corrected chi connectivity index (χ4v) is 4.02. The second-order valence-electron chi connectivity index (χ2n) is 5.05. The Labute approximate surface area is 132 Å². The molecule has 0 aliphatic carbocycles. The summed E-state index contributed by atoms with van der Waals surface area (Å²) in [5, 5.41) is 0. The highest BCUT2D eigenvalue weighted by atomic mass is 127. The highest BCUT2D eigenvalue weighted by molar-refractivity contribution is 14.2. The van der Waals surface area contributed by atoms with Crippen LogP contribution in [0.5, 0.6) is 0 Å². The Hall–Kier alpha value is 0.640. The van der Waals surface area contributed by atoms with E-state index in [2.05, 4.69) is 83.3 Å². The van der Waals surface area contributed by atoms with Gasteiger partial charge in [0.15, 0.2) is 0 Å². The van der Waals surface area contributed by atoms with Crippen molar-refractivity contribution in [1.82, 2.24) is 0 Å². The standard InChI is InChI=1S/C14H20I2O/c1-14(2,10-13(15)16)8-9-17-11-12-6-4-3-5-7-12/h3-7,13H,8-11H2,1-2H3. The van der Waals surface area contributed by atoms with E-state index >= 15 is 0 Å². The van der Waals surface area contributed by atoms with Gasteiger partial charge in [0.25, 0.3) is 0 Å². The van der Waals surface area contributed by atoms with Crippen molar-refractivity contribution in [2.75, 3.05) is 6.61 Å². The maximum Gasteiger partial charge on any atom is 0.0716 e. The van der Waals surface area contributed by atoms with Crippen molar-refractivity contribution in [3.63, 3.8) is 0 Å². The van der Waals surface area contributed by atoms with Gasteiger partial charge >= 0.3 is 0 Å². The van der Waals surface area contributed by atoms with Gasteiger partial charge in [0.05, 0.1) is 8.54 Å². The first-order chi connectivity index (χ1) is 7.99. The quantitative estimate of drug-likeness (QED) is 0.310. The smallest absolute Gasteiger partial charge is 0.0716 e. The zero-order chi connectivity index (χ0) is 12.7. The van der Waals surface area contributed by atoms with Crippen LogP contribution in [0.3, 0.4) is 0 Å². The average Bonchev–Trinajstić information content (AvgIpc) is 2.24. The van der Waals surface area contributed by atoms with E-state index in [1.54, 1.807) is 0 Å². The van der Waals surface area contributed by atoms with Crippen molar-refractivity contribution in [2.45, 2.75) is 35.2 Å². The van der Waals surface area contributed by atoms with E-state index < -0.39 is 0 Å². The van der Waals surface area contributed by atoms with E-state index in [1.807, 2.05) is 6.07 Å². The minimum absolute atomic E-state index is 0.379. The molecular formula is C14H20I2O. The third-order valence-corrected chi connectivity index (χ3v) is 3.62. The van der Waals surface area contributed by atoms with E-state index in [1.165, 1.54) is 12.0 Å². The largest absolute Gasteiger partial charge is 0.377 e. The van der Waals surface area contributed by atoms with Gasteiger partial charge in [0.2, 0.25) is 0 Å². The zero-order valence-corrected chi connectivity index (χ0v) is 14.8. The van der Waals surface area contributed by atoms with E-state index in [0.717, 1.165) is 19.6 Å². The maximum absolute atomic E-state index is 5.73. The second-order valence-corrected chi connectivity index (χ2v) is 10.4. The van der Waals surface area contributed by atoms with Gasteiger partial charge < -0.3 is 4.74 Å². The molecule has 3 heteroatoms. The van der Waals surface area contributed by atoms with Crippen LogP contribution >= 0.6 is 45.2 Å². The molecule has 0 fully saturated rings. The fraction of sp³-hybridized carbons (Fsp3) is 0.571. The predicted molar refractivity (Wildman–Crippen MR) is 90.9 cm³/mol. The van der Waals surface area contributed by atoms with Crippen molar-refractivity contribution in [1.29, 1.82) is 0 Å². The molecule has 0 N–H and O–H groups in total. The molecule has 0 bridgehead atoms. The minimum Gasteiger partial charge on any atom is -0.377 e. The van der Waals surface area contributed by atoms with E-state index in [4.69, 9.17) is 4.74 Å². The lowest BCUT2D eigenvalue weighted by Crippen LogP contribution is -2.17. The van der Waals surface area contributed by atoms with Gasteiger partial charge in [0, 0.05) is 6.61 Å². The van der Waals surface area contributed by atoms with Crippen LogP contribution in [0.2, 0.25) is 0 Å². The van der Waals surface area contributed by atoms with E-state index in [9.17, 15) is 0 Å². The molecule has 0 spiro atoms. The molecule has 1 aromatic carbocycles. The molecule has 0 aromatic heterocycles. The first kappa shape index (κ1) is 15.7. The summed E-state index contributed by atoms with van der Waals surface area (Å²) in [5.74, 6) is 0. The Morgan fingerprint density at radius 1 is 1.18 bits per heavy atom. The molecule has 1 rings (SSSR count). The Balaban J connectivity index is 2.20. The molecule has 96 valence electrons. The highest BCUT2D eigenvalue weighted by Crippen LogP contribution is 2.32. The number of ether oxygens (including phenoxy) is 1. The molecule has 0 heterocycles. The summed E-state index contributed by atoms with van der Waals surface area (Å²) in [6, 6.07) is 10.4. The van der Waals surface area contributed by atoms with Crippen molar-refractivity contribution >= 4 is 45.2 Å². The van der Waals surface area contributed by atoms with Gasteiger partial charge in [-0.1, -0.05) is 89.4 Å². The molecule has 0 atom stereocenters. The van der Waals surface area contributed by atoms with Crippen LogP contribution in [0.25, 0.3) is 0 Å². The van der Waals surface area contributed by atoms with E-state index in [0.29, 0.717) is 7.35 Å². The number of benzene rings is 1. The van der Waals surface area contributed by atoms with Crippen LogP contribution in [0.4, 0.5) is 0 Å². The van der Waals surface area contributed by atoms with Crippen molar-refractivity contribution < 1.29 is 4.74 Å². The molecule has 1 nitrogen and oxygen atoms in total. The molecule has 0 amide bonds. The highest BCUT2D eigenvalue weighted by Gasteiger charge is 2.20. The van der Waals surface area contributed by atoms with Gasteiger partial charge in [-0.05, 0) is 23.8 Å². The summed E-state index contributed by atoms with van der Waals surface area (Å²) in [6.45, 7) is 6.23. The summed E-state index contributed by atoms with van der Waals surface area (Å²) in [5.41, 5.74) is 1.63. The molecular weight excluding hydrogens is 438 g/mol. The minimum atomic E-state index is 0.379. The van der Waals surface area contributed by atoms with Gasteiger partial charge in [-0.15, -0.1) is 0 Å². The molecule has 0 unspecified atom stereocenters. The lowest BCUT2D eigenvalue weighted by atomic mass is 9.87. The molecule has 0 radical (unpaired) electrons. The number of alkyl halides is 2. The summed E-state index contributed by atoms with van der Waals surface area (Å²) in [7, 11) is 0. The Bertz CT molecular complexity index is 309. The van der Waals surface area contributed by atoms with Gasteiger partial charge in [0.1, 0.15) is 0 Å². The molecule has 17 heavy (non-hydrogen) atoms. The SMILES string of the molecule is CC(C)(CCOCc1ccccc1)CC(I)I. The third-order valence-electron chi connectivity index (χ3n) is 2.74. The molecule has 0 aliphatic heterocycles. The Morgan fingerprint density at radius 3 is 2.41 bits per heavy atom. The number of halogens is 2. The first-order valence-electron chi connectivity index (χ1n) is 5.89. The summed E-state index contributed by atoms with van der Waals surface area (Å²) in [4.78, 5) is 0. The topological polar surface area (TPSA) is 9.23 Å². The van der Waals surface area contributed by atoms with Crippen LogP contribution in [0.1, 0.15) is 32.3 Å². The molecule has 1 aromatic rings. The van der Waals surface area contributed by atoms with Crippen LogP contribution < -0.4 is 0 Å². The third kappa shape index (κ3) is 7.62. The molecule has 0 aliphatic rings. The summed E-state index contributed by atoms with van der Waals surface area (Å²) >= 11 is 4.97. The Kier molecular flexibility index (Phi) is 7.33. The van der Waals surface area contributed by atoms with Crippen LogP contribution in [-0.4, -0.2) is 8.54 Å². The fourth-order valence-electron chi connectivity index (χ4n) is 1.63. The van der Waals surface area contributed by atoms with Gasteiger partial charge in [-0.3, -0.25) is 0 Å². The van der Waals surface area contributed by atoms with E-state index in [-0.39, 0.29) is 0 Å². The Morgan fingerprint density at radius 2 is 1.82 bits per heavy atom. The van der Waals surface area contributed by atoms with Crippen LogP contribution in [0.15, 0.2) is 30.3 Å². The zero-order valence-electron chi connectivity index (χ0n) is 10.5. The molecule has 0 saturated carbocycles. The second kappa shape index (κ2) is 7.94. The maximum atomic E-state index is 5.73. The number of hydrogen-bond acceptors (Lipinski definition) is 1. The van der Waals surface area contributed by atoms with Crippen molar-refractivity contribution in [3.05, 3.63) is 35.9 Å². The number of hydrogen-bond donors (Lipinski definition) is 0. The van der Waals surface area contributed by atoms with Crippen LogP contribution in [-0.2, 0) is 11.3 Å². The van der Waals surface area contributed by atoms with Gasteiger partial charge in [-0.2, -0.15) is 0 Å². The van der Waals surface area contributed by atoms with Crippen LogP contribution in [0, 0.1) is 5.41 Å².